The third-order valence-electron chi connectivity index (χ3n) is 3.46. The highest BCUT2D eigenvalue weighted by Crippen LogP contribution is 2.38. The molecule has 10 heteroatoms. The molecule has 2 rings (SSSR count). The molecule has 1 aliphatic rings. The average molecular weight is 314 g/mol. The highest BCUT2D eigenvalue weighted by atomic mass is 16.2. The lowest BCUT2D eigenvalue weighted by Gasteiger charge is -2.16. The van der Waals surface area contributed by atoms with Gasteiger partial charge in [-0.25, -0.2) is 0 Å². The molecule has 1 aromatic carbocycles. The van der Waals surface area contributed by atoms with Crippen molar-refractivity contribution in [1.29, 1.82) is 0 Å². The number of rotatable bonds is 7. The smallest absolute Gasteiger partial charge is 0.251 e. The first-order valence-electron chi connectivity index (χ1n) is 6.79. The van der Waals surface area contributed by atoms with E-state index in [9.17, 15) is 9.59 Å². The van der Waals surface area contributed by atoms with Gasteiger partial charge in [0.1, 0.15) is 0 Å². The predicted octanol–water partition coefficient (Wildman–Crippen LogP) is 2.58. The Morgan fingerprint density at radius 3 is 2.57 bits per heavy atom. The Morgan fingerprint density at radius 1 is 1.26 bits per heavy atom. The zero-order valence-corrected chi connectivity index (χ0v) is 12.1. The fourth-order valence-corrected chi connectivity index (χ4v) is 2.26. The van der Waals surface area contributed by atoms with Crippen molar-refractivity contribution in [3.63, 3.8) is 0 Å². The van der Waals surface area contributed by atoms with Crippen LogP contribution in [0.15, 0.2) is 28.4 Å². The van der Waals surface area contributed by atoms with Gasteiger partial charge in [-0.05, 0) is 47.7 Å². The van der Waals surface area contributed by atoms with Crippen molar-refractivity contribution >= 4 is 17.5 Å². The predicted molar refractivity (Wildman–Crippen MR) is 81.3 cm³/mol. The lowest BCUT2D eigenvalue weighted by molar-refractivity contribution is -0.118. The third-order valence-corrected chi connectivity index (χ3v) is 3.46. The maximum Gasteiger partial charge on any atom is 0.251 e. The van der Waals surface area contributed by atoms with Crippen LogP contribution in [0.1, 0.15) is 35.2 Å². The van der Waals surface area contributed by atoms with Crippen LogP contribution in [-0.4, -0.2) is 17.4 Å². The number of hydrogen-bond donors (Lipinski definition) is 2. The molecular weight excluding hydrogens is 300 g/mol. The largest absolute Gasteiger partial charge is 0.370 e. The molecule has 1 aromatic rings. The van der Waals surface area contributed by atoms with E-state index in [0.29, 0.717) is 18.4 Å². The zero-order valence-electron chi connectivity index (χ0n) is 12.1. The number of nitrogens with zero attached hydrogens (tertiary/aromatic N) is 6. The fourth-order valence-electron chi connectivity index (χ4n) is 2.26. The summed E-state index contributed by atoms with van der Waals surface area (Å²) in [5.74, 6) is -0.879. The number of azide groups is 2. The van der Waals surface area contributed by atoms with E-state index in [0.717, 1.165) is 0 Å². The van der Waals surface area contributed by atoms with Crippen LogP contribution in [0.4, 0.5) is 5.69 Å². The molecule has 2 amide bonds. The summed E-state index contributed by atoms with van der Waals surface area (Å²) >= 11 is 0. The monoisotopic (exact) mass is 314 g/mol. The van der Waals surface area contributed by atoms with Gasteiger partial charge in [-0.1, -0.05) is 10.2 Å². The van der Waals surface area contributed by atoms with Crippen LogP contribution in [0.25, 0.3) is 20.9 Å². The number of nitrogens with two attached hydrogens (primary N) is 1. The van der Waals surface area contributed by atoms with Crippen molar-refractivity contribution in [3.8, 4) is 0 Å². The van der Waals surface area contributed by atoms with Crippen LogP contribution in [0.2, 0.25) is 0 Å². The molecule has 10 nitrogen and oxygen atoms in total. The van der Waals surface area contributed by atoms with E-state index in [-0.39, 0.29) is 24.2 Å². The van der Waals surface area contributed by atoms with Crippen molar-refractivity contribution < 1.29 is 9.59 Å². The Morgan fingerprint density at radius 2 is 2.00 bits per heavy atom. The first-order valence-corrected chi connectivity index (χ1v) is 6.79. The van der Waals surface area contributed by atoms with Gasteiger partial charge in [-0.3, -0.25) is 9.59 Å². The summed E-state index contributed by atoms with van der Waals surface area (Å²) in [6.45, 7) is 0.0258. The molecule has 0 heterocycles. The molecule has 0 atom stereocenters. The Balaban J connectivity index is 2.24. The van der Waals surface area contributed by atoms with Crippen molar-refractivity contribution in [2.75, 3.05) is 0 Å². The minimum atomic E-state index is -0.581. The van der Waals surface area contributed by atoms with Gasteiger partial charge in [0.15, 0.2) is 0 Å². The summed E-state index contributed by atoms with van der Waals surface area (Å²) in [5, 5.41) is 9.68. The van der Waals surface area contributed by atoms with Crippen LogP contribution < -0.4 is 11.1 Å². The van der Waals surface area contributed by atoms with E-state index >= 15 is 0 Å². The standard InChI is InChI=1S/C13H14N8O2/c14-11(22)6-13(1-2-13)18-12(23)9-3-8(7-17-20-15)4-10(5-9)19-21-16/h3-5H,1-2,6-7H2,(H2,14,22)(H,18,23). The number of nitrogens with one attached hydrogen (secondary N) is 1. The van der Waals surface area contributed by atoms with E-state index < -0.39 is 17.4 Å². The Bertz CT molecular complexity index is 742. The second kappa shape index (κ2) is 6.69. The van der Waals surface area contributed by atoms with Crippen molar-refractivity contribution in [2.45, 2.75) is 31.3 Å². The normalized spacial score (nSPS) is 14.1. The minimum absolute atomic E-state index is 0.0258. The van der Waals surface area contributed by atoms with Crippen LogP contribution in [0.5, 0.6) is 0 Å². The molecule has 118 valence electrons. The zero-order chi connectivity index (χ0) is 16.9. The molecule has 1 saturated carbocycles. The van der Waals surface area contributed by atoms with E-state index in [2.05, 4.69) is 25.4 Å². The molecular formula is C13H14N8O2. The molecule has 23 heavy (non-hydrogen) atoms. The number of amides is 2. The first kappa shape index (κ1) is 16.2. The summed E-state index contributed by atoms with van der Waals surface area (Å²) in [7, 11) is 0. The van der Waals surface area contributed by atoms with Crippen LogP contribution in [-0.2, 0) is 11.3 Å². The number of primary amides is 1. The van der Waals surface area contributed by atoms with E-state index in [1.54, 1.807) is 6.07 Å². The first-order chi connectivity index (χ1) is 11.0. The molecule has 0 aliphatic heterocycles. The van der Waals surface area contributed by atoms with Gasteiger partial charge in [0.2, 0.25) is 5.91 Å². The van der Waals surface area contributed by atoms with Gasteiger partial charge in [-0.2, -0.15) is 0 Å². The third kappa shape index (κ3) is 4.37. The molecule has 3 N–H and O–H groups in total. The molecule has 1 fully saturated rings. The minimum Gasteiger partial charge on any atom is -0.370 e. The lowest BCUT2D eigenvalue weighted by atomic mass is 10.1. The molecule has 0 unspecified atom stereocenters. The molecule has 0 aromatic heterocycles. The fraction of sp³-hybridized carbons (Fsp3) is 0.385. The second-order valence-electron chi connectivity index (χ2n) is 5.34. The van der Waals surface area contributed by atoms with Gasteiger partial charge in [0.25, 0.3) is 5.91 Å². The second-order valence-corrected chi connectivity index (χ2v) is 5.34. The topological polar surface area (TPSA) is 170 Å². The van der Waals surface area contributed by atoms with Gasteiger partial charge >= 0.3 is 0 Å². The molecule has 1 aliphatic carbocycles. The Labute approximate surface area is 130 Å². The number of carbonyl (C=O) groups excluding carboxylic acids is 2. The summed E-state index contributed by atoms with van der Waals surface area (Å²) in [5.41, 5.74) is 22.6. The van der Waals surface area contributed by atoms with Gasteiger partial charge < -0.3 is 11.1 Å². The highest BCUT2D eigenvalue weighted by molar-refractivity contribution is 5.96. The number of benzene rings is 1. The van der Waals surface area contributed by atoms with Gasteiger partial charge in [0.05, 0.1) is 6.54 Å². The van der Waals surface area contributed by atoms with Crippen LogP contribution >= 0.6 is 0 Å². The van der Waals surface area contributed by atoms with Gasteiger partial charge in [-0.15, -0.1) is 0 Å². The average Bonchev–Trinajstić information content (AvgIpc) is 3.23. The van der Waals surface area contributed by atoms with E-state index in [1.165, 1.54) is 12.1 Å². The quantitative estimate of drug-likeness (QED) is 0.448. The molecule has 0 bridgehead atoms. The summed E-state index contributed by atoms with van der Waals surface area (Å²) in [6.07, 6.45) is 1.45. The Hall–Kier alpha value is -3.22. The van der Waals surface area contributed by atoms with Crippen molar-refractivity contribution in [1.82, 2.24) is 5.32 Å². The number of carbonyl (C=O) groups is 2. The molecule has 0 radical (unpaired) electrons. The summed E-state index contributed by atoms with van der Waals surface area (Å²) in [4.78, 5) is 28.8. The summed E-state index contributed by atoms with van der Waals surface area (Å²) < 4.78 is 0. The lowest BCUT2D eigenvalue weighted by Crippen LogP contribution is -2.39. The summed E-state index contributed by atoms with van der Waals surface area (Å²) in [6, 6.07) is 4.50. The van der Waals surface area contributed by atoms with Crippen molar-refractivity contribution in [3.05, 3.63) is 50.2 Å². The highest BCUT2D eigenvalue weighted by Gasteiger charge is 2.45. The van der Waals surface area contributed by atoms with Crippen LogP contribution in [0, 0.1) is 0 Å². The molecule has 0 saturated heterocycles. The van der Waals surface area contributed by atoms with E-state index in [4.69, 9.17) is 16.8 Å². The SMILES string of the molecule is [N-]=[N+]=NCc1cc(N=[N+]=[N-])cc(C(=O)NC2(CC(N)=O)CC2)c1. The van der Waals surface area contributed by atoms with E-state index in [1.807, 2.05) is 0 Å². The maximum absolute atomic E-state index is 12.4. The van der Waals surface area contributed by atoms with Crippen LogP contribution in [0.3, 0.4) is 0 Å². The molecule has 0 spiro atoms. The number of hydrogen-bond acceptors (Lipinski definition) is 4. The maximum atomic E-state index is 12.4. The van der Waals surface area contributed by atoms with Crippen molar-refractivity contribution in [2.24, 2.45) is 16.0 Å². The van der Waals surface area contributed by atoms with Gasteiger partial charge in [0, 0.05) is 33.0 Å². The Kier molecular flexibility index (Phi) is 4.70.